The highest BCUT2D eigenvalue weighted by molar-refractivity contribution is 6.30. The molecule has 0 aromatic heterocycles. The number of methoxy groups -OCH3 is 2. The standard InChI is InChI=1S/C23H24O6.C21H23ClFNO2/c1-11(2)16-8-14-15(28-16)6-5-12-22(24)21-13-7-18(25-3)19(26-4)9-17(13)27-10-20(21)29-23(12)14;22-18-7-5-17(6-8-18)21(26)11-14-24(15-12-21)13-1-2-20(25)16-3-9-19(23)10-4-16/h5-7,9,11,16,20-21H,8,10H2,1-4H3;3-10,26H,1-2,11-15H2. The van der Waals surface area contributed by atoms with Gasteiger partial charge in [-0.05, 0) is 91.9 Å². The molecule has 4 aliphatic rings. The molecule has 11 heteroatoms. The topological polar surface area (TPSA) is 104 Å². The van der Waals surface area contributed by atoms with Gasteiger partial charge in [0.25, 0.3) is 0 Å². The Bertz CT molecular complexity index is 2030. The fraction of sp³-hybridized carbons (Fsp3) is 0.409. The Morgan fingerprint density at radius 3 is 2.33 bits per heavy atom. The van der Waals surface area contributed by atoms with Gasteiger partial charge in [-0.1, -0.05) is 37.6 Å². The summed E-state index contributed by atoms with van der Waals surface area (Å²) in [6, 6.07) is 20.4. The number of piperidine rings is 1. The molecule has 4 aromatic rings. The van der Waals surface area contributed by atoms with Gasteiger partial charge in [0.2, 0.25) is 0 Å². The highest BCUT2D eigenvalue weighted by atomic mass is 35.5. The molecule has 4 heterocycles. The summed E-state index contributed by atoms with van der Waals surface area (Å²) in [5.41, 5.74) is 3.04. The van der Waals surface area contributed by atoms with Crippen LogP contribution in [-0.2, 0) is 12.0 Å². The summed E-state index contributed by atoms with van der Waals surface area (Å²) >= 11 is 5.92. The summed E-state index contributed by atoms with van der Waals surface area (Å²) < 4.78 is 42.1. The maximum absolute atomic E-state index is 13.5. The summed E-state index contributed by atoms with van der Waals surface area (Å²) in [7, 11) is 3.16. The minimum absolute atomic E-state index is 0.0414. The molecule has 9 nitrogen and oxygen atoms in total. The zero-order chi connectivity index (χ0) is 38.9. The molecule has 290 valence electrons. The molecule has 0 saturated carbocycles. The van der Waals surface area contributed by atoms with Crippen molar-refractivity contribution in [2.45, 2.75) is 69.7 Å². The van der Waals surface area contributed by atoms with Gasteiger partial charge in [-0.15, -0.1) is 0 Å². The Hall–Kier alpha value is -4.64. The molecule has 8 rings (SSSR count). The van der Waals surface area contributed by atoms with E-state index in [0.29, 0.717) is 70.9 Å². The lowest BCUT2D eigenvalue weighted by Gasteiger charge is -2.38. The van der Waals surface area contributed by atoms with E-state index in [1.807, 2.05) is 42.5 Å². The first-order chi connectivity index (χ1) is 26.5. The summed E-state index contributed by atoms with van der Waals surface area (Å²) in [6.07, 6.45) is 3.02. The number of carbonyl (C=O) groups excluding carboxylic acids is 2. The summed E-state index contributed by atoms with van der Waals surface area (Å²) in [6.45, 7) is 6.99. The van der Waals surface area contributed by atoms with Crippen molar-refractivity contribution in [3.05, 3.63) is 111 Å². The first kappa shape index (κ1) is 38.6. The van der Waals surface area contributed by atoms with Crippen molar-refractivity contribution < 1.29 is 42.8 Å². The maximum Gasteiger partial charge on any atom is 0.178 e. The van der Waals surface area contributed by atoms with Crippen LogP contribution in [0.4, 0.5) is 4.39 Å². The number of benzene rings is 4. The number of fused-ring (bicyclic) bond motifs is 6. The van der Waals surface area contributed by atoms with Crippen LogP contribution < -0.4 is 23.7 Å². The monoisotopic (exact) mass is 771 g/mol. The molecule has 1 N–H and O–H groups in total. The van der Waals surface area contributed by atoms with Gasteiger partial charge in [-0.2, -0.15) is 0 Å². The first-order valence-corrected chi connectivity index (χ1v) is 19.3. The lowest BCUT2D eigenvalue weighted by molar-refractivity contribution is -0.0260. The molecule has 4 aromatic carbocycles. The number of hydrogen-bond donors (Lipinski definition) is 1. The first-order valence-electron chi connectivity index (χ1n) is 18.9. The average molecular weight is 772 g/mol. The predicted molar refractivity (Wildman–Crippen MR) is 207 cm³/mol. The minimum Gasteiger partial charge on any atom is -0.493 e. The highest BCUT2D eigenvalue weighted by Crippen LogP contribution is 2.50. The van der Waals surface area contributed by atoms with Gasteiger partial charge < -0.3 is 33.7 Å². The number of carbonyl (C=O) groups is 2. The van der Waals surface area contributed by atoms with Crippen LogP contribution in [0, 0.1) is 11.7 Å². The third kappa shape index (κ3) is 8.04. The summed E-state index contributed by atoms with van der Waals surface area (Å²) in [4.78, 5) is 27.9. The molecule has 1 saturated heterocycles. The third-order valence-corrected chi connectivity index (χ3v) is 11.4. The van der Waals surface area contributed by atoms with E-state index < -0.39 is 11.5 Å². The van der Waals surface area contributed by atoms with E-state index in [4.69, 9.17) is 35.3 Å². The zero-order valence-corrected chi connectivity index (χ0v) is 32.4. The molecule has 1 fully saturated rings. The van der Waals surface area contributed by atoms with Crippen molar-refractivity contribution in [3.63, 3.8) is 0 Å². The van der Waals surface area contributed by atoms with Crippen molar-refractivity contribution >= 4 is 23.2 Å². The van der Waals surface area contributed by atoms with Crippen molar-refractivity contribution in [3.8, 4) is 28.7 Å². The van der Waals surface area contributed by atoms with Crippen LogP contribution in [-0.4, -0.2) is 74.2 Å². The van der Waals surface area contributed by atoms with Crippen molar-refractivity contribution in [1.29, 1.82) is 0 Å². The molecule has 0 spiro atoms. The second-order valence-corrected chi connectivity index (χ2v) is 15.4. The van der Waals surface area contributed by atoms with E-state index in [1.54, 1.807) is 20.3 Å². The molecular weight excluding hydrogens is 725 g/mol. The number of nitrogens with zero attached hydrogens (tertiary/aromatic N) is 1. The Balaban J connectivity index is 0.000000170. The van der Waals surface area contributed by atoms with E-state index in [1.165, 1.54) is 24.3 Å². The largest absolute Gasteiger partial charge is 0.493 e. The fourth-order valence-electron chi connectivity index (χ4n) is 7.90. The smallest absolute Gasteiger partial charge is 0.178 e. The number of ketones is 2. The molecule has 3 atom stereocenters. The van der Waals surface area contributed by atoms with Crippen LogP contribution in [0.2, 0.25) is 5.02 Å². The SMILES string of the molecule is COc1cc2c(cc1OC)C1C(=O)c3ccc4c(c3OC1CO2)CC(C(C)C)O4.O=C(CCCN1CCC(O)(c2ccc(Cl)cc2)CC1)c1ccc(F)cc1. The van der Waals surface area contributed by atoms with Crippen molar-refractivity contribution in [2.75, 3.05) is 40.5 Å². The number of hydrogen-bond acceptors (Lipinski definition) is 9. The molecule has 4 aliphatic heterocycles. The highest BCUT2D eigenvalue weighted by Gasteiger charge is 2.46. The Morgan fingerprint density at radius 2 is 1.65 bits per heavy atom. The fourth-order valence-corrected chi connectivity index (χ4v) is 8.03. The number of rotatable bonds is 9. The minimum atomic E-state index is -0.801. The van der Waals surface area contributed by atoms with Crippen molar-refractivity contribution in [1.82, 2.24) is 4.90 Å². The number of aliphatic hydroxyl groups is 1. The molecular formula is C44H47ClFNO8. The van der Waals surface area contributed by atoms with Crippen LogP contribution in [0.25, 0.3) is 0 Å². The molecule has 55 heavy (non-hydrogen) atoms. The predicted octanol–water partition coefficient (Wildman–Crippen LogP) is 8.21. The Kier molecular flexibility index (Phi) is 11.4. The van der Waals surface area contributed by atoms with Gasteiger partial charge in [-0.25, -0.2) is 4.39 Å². The van der Waals surface area contributed by atoms with Gasteiger partial charge in [-0.3, -0.25) is 9.59 Å². The molecule has 0 aliphatic carbocycles. The van der Waals surface area contributed by atoms with Gasteiger partial charge in [0, 0.05) is 53.7 Å². The van der Waals surface area contributed by atoms with Gasteiger partial charge in [0.15, 0.2) is 23.1 Å². The van der Waals surface area contributed by atoms with Crippen LogP contribution in [0.3, 0.4) is 0 Å². The van der Waals surface area contributed by atoms with Crippen molar-refractivity contribution in [2.24, 2.45) is 5.92 Å². The molecule has 0 amide bonds. The van der Waals surface area contributed by atoms with E-state index in [2.05, 4.69) is 18.7 Å². The van der Waals surface area contributed by atoms with E-state index in [9.17, 15) is 19.1 Å². The van der Waals surface area contributed by atoms with E-state index >= 15 is 0 Å². The molecule has 0 bridgehead atoms. The van der Waals surface area contributed by atoms with Crippen LogP contribution in [0.1, 0.15) is 82.9 Å². The second-order valence-electron chi connectivity index (χ2n) is 15.0. The van der Waals surface area contributed by atoms with E-state index in [-0.39, 0.29) is 29.6 Å². The normalized spacial score (nSPS) is 20.7. The zero-order valence-electron chi connectivity index (χ0n) is 31.6. The molecule has 0 radical (unpaired) electrons. The van der Waals surface area contributed by atoms with E-state index in [0.717, 1.165) is 54.9 Å². The van der Waals surface area contributed by atoms with Crippen LogP contribution in [0.15, 0.2) is 72.8 Å². The second kappa shape index (κ2) is 16.2. The molecule has 3 unspecified atom stereocenters. The van der Waals surface area contributed by atoms with Gasteiger partial charge >= 0.3 is 0 Å². The van der Waals surface area contributed by atoms with Crippen LogP contribution in [0.5, 0.6) is 28.7 Å². The Morgan fingerprint density at radius 1 is 0.964 bits per heavy atom. The van der Waals surface area contributed by atoms with Crippen LogP contribution >= 0.6 is 11.6 Å². The third-order valence-electron chi connectivity index (χ3n) is 11.2. The Labute approximate surface area is 326 Å². The maximum atomic E-state index is 13.5. The average Bonchev–Trinajstić information content (AvgIpc) is 3.65. The van der Waals surface area contributed by atoms with Gasteiger partial charge in [0.1, 0.15) is 41.9 Å². The van der Waals surface area contributed by atoms with Gasteiger partial charge in [0.05, 0.1) is 31.3 Å². The number of Topliss-reactive ketones (excluding diaryl/α,β-unsaturated/α-hetero) is 2. The summed E-state index contributed by atoms with van der Waals surface area (Å²) in [5.74, 6) is 2.95. The summed E-state index contributed by atoms with van der Waals surface area (Å²) in [5, 5.41) is 11.5. The quantitative estimate of drug-likeness (QED) is 0.169. The lowest BCUT2D eigenvalue weighted by Crippen LogP contribution is -2.43. The number of halogens is 2. The number of likely N-dealkylation sites (tertiary alicyclic amines) is 1. The lowest BCUT2D eigenvalue weighted by atomic mass is 9.81. The number of ether oxygens (including phenoxy) is 5.